The average Bonchev–Trinajstić information content (AvgIpc) is 1.65. The maximum absolute atomic E-state index is 8.89. The molecular formula is C4H9N2NaO3. The van der Waals surface area contributed by atoms with Crippen molar-refractivity contribution in [2.45, 2.75) is 13.8 Å². The molecule has 0 atom stereocenters. The van der Waals surface area contributed by atoms with E-state index in [0.717, 1.165) is 6.92 Å². The first-order chi connectivity index (χ1) is 4.00. The van der Waals surface area contributed by atoms with Gasteiger partial charge in [0, 0.05) is 5.97 Å². The molecule has 0 spiro atoms. The van der Waals surface area contributed by atoms with Gasteiger partial charge in [0.1, 0.15) is 5.84 Å². The molecule has 5 nitrogen and oxygen atoms in total. The molecule has 0 amide bonds. The summed E-state index contributed by atoms with van der Waals surface area (Å²) in [6, 6.07) is 0. The minimum absolute atomic E-state index is 0. The minimum Gasteiger partial charge on any atom is -0.550 e. The molecule has 0 rings (SSSR count). The van der Waals surface area contributed by atoms with Crippen molar-refractivity contribution in [2.75, 3.05) is 0 Å². The van der Waals surface area contributed by atoms with Crippen LogP contribution in [0.4, 0.5) is 0 Å². The Labute approximate surface area is 81.2 Å². The first kappa shape index (κ1) is 16.4. The number of amidine groups is 1. The van der Waals surface area contributed by atoms with Crippen molar-refractivity contribution >= 4 is 11.8 Å². The van der Waals surface area contributed by atoms with Gasteiger partial charge in [0.2, 0.25) is 0 Å². The minimum atomic E-state index is -1.08. The zero-order chi connectivity index (χ0) is 7.86. The molecule has 0 aliphatic carbocycles. The number of nitrogens with zero attached hydrogens (tertiary/aromatic N) is 1. The van der Waals surface area contributed by atoms with Crippen LogP contribution in [-0.2, 0) is 4.79 Å². The fourth-order valence-corrected chi connectivity index (χ4v) is 0. The molecule has 0 aromatic carbocycles. The maximum Gasteiger partial charge on any atom is 1.00 e. The topological polar surface area (TPSA) is 98.7 Å². The summed E-state index contributed by atoms with van der Waals surface area (Å²) in [6.07, 6.45) is 0. The van der Waals surface area contributed by atoms with Crippen molar-refractivity contribution in [3.8, 4) is 0 Å². The number of hydrogen-bond acceptors (Lipinski definition) is 4. The Morgan fingerprint density at radius 3 is 1.70 bits per heavy atom. The van der Waals surface area contributed by atoms with Gasteiger partial charge in [-0.2, -0.15) is 0 Å². The SMILES string of the molecule is CC(=O)[O-].CC(N)=NO.[Na+]. The predicted octanol–water partition coefficient (Wildman–Crippen LogP) is -4.49. The Morgan fingerprint density at radius 1 is 1.60 bits per heavy atom. The fourth-order valence-electron chi connectivity index (χ4n) is 0. The Balaban J connectivity index is -0.0000000910. The molecule has 54 valence electrons. The van der Waals surface area contributed by atoms with Crippen molar-refractivity contribution in [1.29, 1.82) is 0 Å². The van der Waals surface area contributed by atoms with Crippen LogP contribution in [0.2, 0.25) is 0 Å². The van der Waals surface area contributed by atoms with Crippen LogP contribution in [0.25, 0.3) is 0 Å². The van der Waals surface area contributed by atoms with Gasteiger partial charge in [-0.1, -0.05) is 5.16 Å². The van der Waals surface area contributed by atoms with E-state index in [-0.39, 0.29) is 35.4 Å². The monoisotopic (exact) mass is 156 g/mol. The van der Waals surface area contributed by atoms with Gasteiger partial charge in [0.25, 0.3) is 0 Å². The number of carbonyl (C=O) groups excluding carboxylic acids is 1. The number of aliphatic carboxylic acids is 1. The smallest absolute Gasteiger partial charge is 0.550 e. The third-order valence-corrected chi connectivity index (χ3v) is 0.158. The molecular weight excluding hydrogens is 147 g/mol. The standard InChI is InChI=1S/C2H6N2O.C2H4O2.Na/c1-2(3)4-5;1-2(3)4;/h5H,1H3,(H2,3,4);1H3,(H,3,4);/q;;+1/p-1. The second-order valence-corrected chi connectivity index (χ2v) is 1.23. The summed E-state index contributed by atoms with van der Waals surface area (Å²) in [5, 5.41) is 19.1. The quantitative estimate of drug-likeness (QED) is 0.121. The molecule has 0 heterocycles. The summed E-state index contributed by atoms with van der Waals surface area (Å²) >= 11 is 0. The van der Waals surface area contributed by atoms with Crippen molar-refractivity contribution < 1.29 is 44.7 Å². The summed E-state index contributed by atoms with van der Waals surface area (Å²) in [5.74, 6) is -0.898. The van der Waals surface area contributed by atoms with E-state index < -0.39 is 5.97 Å². The van der Waals surface area contributed by atoms with Gasteiger partial charge >= 0.3 is 29.6 Å². The fraction of sp³-hybridized carbons (Fsp3) is 0.500. The van der Waals surface area contributed by atoms with Crippen LogP contribution in [0.15, 0.2) is 5.16 Å². The number of carboxylic acids is 1. The molecule has 0 fully saturated rings. The molecule has 0 saturated carbocycles. The van der Waals surface area contributed by atoms with Crippen molar-refractivity contribution in [3.63, 3.8) is 0 Å². The van der Waals surface area contributed by atoms with E-state index in [1.165, 1.54) is 6.92 Å². The number of hydrogen-bond donors (Lipinski definition) is 2. The molecule has 10 heavy (non-hydrogen) atoms. The van der Waals surface area contributed by atoms with E-state index in [0.29, 0.717) is 0 Å². The Morgan fingerprint density at radius 2 is 1.70 bits per heavy atom. The first-order valence-corrected chi connectivity index (χ1v) is 2.12. The normalized spacial score (nSPS) is 8.40. The van der Waals surface area contributed by atoms with Gasteiger partial charge < -0.3 is 20.8 Å². The largest absolute Gasteiger partial charge is 1.00 e. The third kappa shape index (κ3) is 116. The van der Waals surface area contributed by atoms with Crippen molar-refractivity contribution in [3.05, 3.63) is 0 Å². The molecule has 0 aliphatic rings. The van der Waals surface area contributed by atoms with Gasteiger partial charge in [-0.25, -0.2) is 0 Å². The summed E-state index contributed by atoms with van der Waals surface area (Å²) < 4.78 is 0. The van der Waals surface area contributed by atoms with Crippen LogP contribution in [0, 0.1) is 0 Å². The van der Waals surface area contributed by atoms with E-state index in [2.05, 4.69) is 5.16 Å². The Bertz CT molecular complexity index is 107. The summed E-state index contributed by atoms with van der Waals surface area (Å²) in [6.45, 7) is 2.47. The predicted molar refractivity (Wildman–Crippen MR) is 29.8 cm³/mol. The van der Waals surface area contributed by atoms with Crippen molar-refractivity contribution in [1.82, 2.24) is 0 Å². The van der Waals surface area contributed by atoms with Crippen LogP contribution in [-0.4, -0.2) is 17.0 Å². The first-order valence-electron chi connectivity index (χ1n) is 2.12. The number of carboxylic acid groups (broad SMARTS) is 1. The van der Waals surface area contributed by atoms with E-state index >= 15 is 0 Å². The van der Waals surface area contributed by atoms with Crippen molar-refractivity contribution in [2.24, 2.45) is 10.9 Å². The Hall–Kier alpha value is -0.260. The van der Waals surface area contributed by atoms with Crippen LogP contribution in [0.5, 0.6) is 0 Å². The third-order valence-electron chi connectivity index (χ3n) is 0.158. The van der Waals surface area contributed by atoms with E-state index in [1.807, 2.05) is 0 Å². The average molecular weight is 156 g/mol. The summed E-state index contributed by atoms with van der Waals surface area (Å²) in [7, 11) is 0. The van der Waals surface area contributed by atoms with Crippen LogP contribution >= 0.6 is 0 Å². The van der Waals surface area contributed by atoms with E-state index in [1.54, 1.807) is 0 Å². The molecule has 0 aromatic heterocycles. The second kappa shape index (κ2) is 11.5. The van der Waals surface area contributed by atoms with Crippen LogP contribution in [0.1, 0.15) is 13.8 Å². The van der Waals surface area contributed by atoms with Gasteiger partial charge in [-0.05, 0) is 13.8 Å². The molecule has 0 saturated heterocycles. The van der Waals surface area contributed by atoms with E-state index in [9.17, 15) is 0 Å². The van der Waals surface area contributed by atoms with E-state index in [4.69, 9.17) is 20.8 Å². The second-order valence-electron chi connectivity index (χ2n) is 1.23. The Kier molecular flexibility index (Phi) is 18.9. The summed E-state index contributed by atoms with van der Waals surface area (Å²) in [5.41, 5.74) is 4.79. The molecule has 0 bridgehead atoms. The number of nitrogens with two attached hydrogens (primary N) is 1. The zero-order valence-electron chi connectivity index (χ0n) is 6.29. The molecule has 3 N–H and O–H groups in total. The van der Waals surface area contributed by atoms with Crippen LogP contribution < -0.4 is 40.4 Å². The molecule has 0 unspecified atom stereocenters. The number of carbonyl (C=O) groups is 1. The van der Waals surface area contributed by atoms with Gasteiger partial charge in [0.05, 0.1) is 0 Å². The molecule has 0 radical (unpaired) electrons. The van der Waals surface area contributed by atoms with Crippen LogP contribution in [0.3, 0.4) is 0 Å². The zero-order valence-corrected chi connectivity index (χ0v) is 8.29. The maximum atomic E-state index is 8.89. The summed E-state index contributed by atoms with van der Waals surface area (Å²) in [4.78, 5) is 8.89. The molecule has 6 heteroatoms. The molecule has 0 aromatic rings. The van der Waals surface area contributed by atoms with Gasteiger partial charge in [-0.15, -0.1) is 0 Å². The van der Waals surface area contributed by atoms with Gasteiger partial charge in [0.15, 0.2) is 0 Å². The van der Waals surface area contributed by atoms with Gasteiger partial charge in [-0.3, -0.25) is 0 Å². The molecule has 0 aliphatic heterocycles. The number of oxime groups is 1. The number of rotatable bonds is 0.